The van der Waals surface area contributed by atoms with Gasteiger partial charge in [-0.2, -0.15) is 0 Å². The fourth-order valence-electron chi connectivity index (χ4n) is 2.02. The molecular formula is C13H17NO3. The molecule has 1 aromatic rings. The third kappa shape index (κ3) is 2.57. The molecule has 1 N–H and O–H groups in total. The SMILES string of the molecule is CC(C)Cn1c(C2CC2)cc(C(=O)O)cc1=O. The monoisotopic (exact) mass is 235 g/mol. The summed E-state index contributed by atoms with van der Waals surface area (Å²) in [4.78, 5) is 22.9. The Hall–Kier alpha value is -1.58. The molecule has 0 aliphatic heterocycles. The summed E-state index contributed by atoms with van der Waals surface area (Å²) in [7, 11) is 0. The first kappa shape index (κ1) is 11.9. The van der Waals surface area contributed by atoms with Gasteiger partial charge in [-0.25, -0.2) is 4.79 Å². The average molecular weight is 235 g/mol. The summed E-state index contributed by atoms with van der Waals surface area (Å²) in [6.07, 6.45) is 2.11. The second kappa shape index (κ2) is 4.35. The molecule has 1 heterocycles. The van der Waals surface area contributed by atoms with Crippen LogP contribution in [0.25, 0.3) is 0 Å². The van der Waals surface area contributed by atoms with Crippen LogP contribution in [0.1, 0.15) is 48.7 Å². The van der Waals surface area contributed by atoms with Gasteiger partial charge in [0.1, 0.15) is 0 Å². The summed E-state index contributed by atoms with van der Waals surface area (Å²) < 4.78 is 1.73. The van der Waals surface area contributed by atoms with Crippen molar-refractivity contribution in [3.8, 4) is 0 Å². The maximum atomic E-state index is 11.9. The van der Waals surface area contributed by atoms with E-state index in [1.54, 1.807) is 10.6 Å². The molecule has 0 saturated heterocycles. The maximum Gasteiger partial charge on any atom is 0.335 e. The van der Waals surface area contributed by atoms with Crippen molar-refractivity contribution >= 4 is 5.97 Å². The van der Waals surface area contributed by atoms with E-state index in [9.17, 15) is 9.59 Å². The molecule has 1 aliphatic carbocycles. The molecule has 0 spiro atoms. The van der Waals surface area contributed by atoms with Gasteiger partial charge in [-0.1, -0.05) is 13.8 Å². The summed E-state index contributed by atoms with van der Waals surface area (Å²) in [5.41, 5.74) is 0.806. The van der Waals surface area contributed by atoms with E-state index in [4.69, 9.17) is 5.11 Å². The van der Waals surface area contributed by atoms with E-state index in [1.807, 2.05) is 13.8 Å². The van der Waals surface area contributed by atoms with Crippen molar-refractivity contribution < 1.29 is 9.90 Å². The van der Waals surface area contributed by atoms with E-state index in [2.05, 4.69) is 0 Å². The molecule has 0 aromatic carbocycles. The highest BCUT2D eigenvalue weighted by Crippen LogP contribution is 2.39. The fourth-order valence-corrected chi connectivity index (χ4v) is 2.02. The maximum absolute atomic E-state index is 11.9. The van der Waals surface area contributed by atoms with Gasteiger partial charge < -0.3 is 9.67 Å². The predicted molar refractivity (Wildman–Crippen MR) is 64.5 cm³/mol. The minimum Gasteiger partial charge on any atom is -0.478 e. The normalized spacial score (nSPS) is 15.2. The molecule has 0 radical (unpaired) electrons. The fraction of sp³-hybridized carbons (Fsp3) is 0.538. The summed E-state index contributed by atoms with van der Waals surface area (Å²) in [5, 5.41) is 8.96. The first-order valence-corrected chi connectivity index (χ1v) is 5.97. The third-order valence-corrected chi connectivity index (χ3v) is 2.95. The van der Waals surface area contributed by atoms with E-state index in [0.29, 0.717) is 18.4 Å². The van der Waals surface area contributed by atoms with Crippen LogP contribution in [-0.2, 0) is 6.54 Å². The topological polar surface area (TPSA) is 59.3 Å². The van der Waals surface area contributed by atoms with Crippen LogP contribution in [0.15, 0.2) is 16.9 Å². The molecule has 0 unspecified atom stereocenters. The highest BCUT2D eigenvalue weighted by molar-refractivity contribution is 5.87. The van der Waals surface area contributed by atoms with Gasteiger partial charge in [0.05, 0.1) is 5.56 Å². The lowest BCUT2D eigenvalue weighted by Crippen LogP contribution is -2.26. The quantitative estimate of drug-likeness (QED) is 0.869. The Balaban J connectivity index is 2.49. The number of aromatic nitrogens is 1. The second-order valence-corrected chi connectivity index (χ2v) is 5.09. The first-order chi connectivity index (χ1) is 7.99. The zero-order chi connectivity index (χ0) is 12.6. The number of carboxylic acids is 1. The van der Waals surface area contributed by atoms with Crippen LogP contribution in [0.4, 0.5) is 0 Å². The van der Waals surface area contributed by atoms with E-state index in [0.717, 1.165) is 18.5 Å². The van der Waals surface area contributed by atoms with Crippen LogP contribution >= 0.6 is 0 Å². The largest absolute Gasteiger partial charge is 0.478 e. The molecule has 0 bridgehead atoms. The number of pyridine rings is 1. The molecule has 0 amide bonds. The molecule has 92 valence electrons. The smallest absolute Gasteiger partial charge is 0.335 e. The number of carboxylic acid groups (broad SMARTS) is 1. The van der Waals surface area contributed by atoms with Gasteiger partial charge in [0.15, 0.2) is 0 Å². The minimum absolute atomic E-state index is 0.108. The zero-order valence-electron chi connectivity index (χ0n) is 10.1. The van der Waals surface area contributed by atoms with Crippen molar-refractivity contribution in [1.29, 1.82) is 0 Å². The van der Waals surface area contributed by atoms with Crippen molar-refractivity contribution in [3.05, 3.63) is 33.7 Å². The Labute approximate surface area is 99.9 Å². The number of nitrogens with zero attached hydrogens (tertiary/aromatic N) is 1. The van der Waals surface area contributed by atoms with Gasteiger partial charge in [0.25, 0.3) is 5.56 Å². The van der Waals surface area contributed by atoms with Crippen LogP contribution in [0.3, 0.4) is 0 Å². The van der Waals surface area contributed by atoms with E-state index < -0.39 is 5.97 Å². The van der Waals surface area contributed by atoms with Crippen LogP contribution in [-0.4, -0.2) is 15.6 Å². The van der Waals surface area contributed by atoms with E-state index in [-0.39, 0.29) is 11.1 Å². The lowest BCUT2D eigenvalue weighted by Gasteiger charge is -2.15. The van der Waals surface area contributed by atoms with Crippen LogP contribution in [0.5, 0.6) is 0 Å². The van der Waals surface area contributed by atoms with Gasteiger partial charge >= 0.3 is 5.97 Å². The molecule has 17 heavy (non-hydrogen) atoms. The average Bonchev–Trinajstić information content (AvgIpc) is 3.03. The number of rotatable bonds is 4. The number of carbonyl (C=O) groups is 1. The van der Waals surface area contributed by atoms with Gasteiger partial charge in [-0.3, -0.25) is 4.79 Å². The standard InChI is InChI=1S/C13H17NO3/c1-8(2)7-14-11(9-3-4-9)5-10(13(16)17)6-12(14)15/h5-6,8-9H,3-4,7H2,1-2H3,(H,16,17). The highest BCUT2D eigenvalue weighted by Gasteiger charge is 2.28. The lowest BCUT2D eigenvalue weighted by atomic mass is 10.1. The van der Waals surface area contributed by atoms with Crippen molar-refractivity contribution in [2.24, 2.45) is 5.92 Å². The predicted octanol–water partition coefficient (Wildman–Crippen LogP) is 2.08. The number of aromatic carboxylic acids is 1. The highest BCUT2D eigenvalue weighted by atomic mass is 16.4. The number of hydrogen-bond donors (Lipinski definition) is 1. The molecule has 1 aliphatic rings. The Morgan fingerprint density at radius 1 is 1.47 bits per heavy atom. The Morgan fingerprint density at radius 3 is 2.59 bits per heavy atom. The molecule has 4 heteroatoms. The Bertz CT molecular complexity index is 498. The summed E-state index contributed by atoms with van der Waals surface area (Å²) in [6, 6.07) is 2.88. The van der Waals surface area contributed by atoms with Crippen LogP contribution in [0, 0.1) is 5.92 Å². The zero-order valence-corrected chi connectivity index (χ0v) is 10.1. The van der Waals surface area contributed by atoms with E-state index in [1.165, 1.54) is 6.07 Å². The molecule has 1 saturated carbocycles. The molecule has 1 fully saturated rings. The summed E-state index contributed by atoms with van der Waals surface area (Å²) >= 11 is 0. The lowest BCUT2D eigenvalue weighted by molar-refractivity contribution is 0.0696. The van der Waals surface area contributed by atoms with E-state index >= 15 is 0 Å². The van der Waals surface area contributed by atoms with Gasteiger partial charge in [-0.05, 0) is 30.7 Å². The molecule has 1 aromatic heterocycles. The minimum atomic E-state index is -1.03. The number of hydrogen-bond acceptors (Lipinski definition) is 2. The first-order valence-electron chi connectivity index (χ1n) is 5.97. The van der Waals surface area contributed by atoms with Crippen LogP contribution in [0.2, 0.25) is 0 Å². The Kier molecular flexibility index (Phi) is 3.05. The summed E-state index contributed by atoms with van der Waals surface area (Å²) in [5.74, 6) is -0.276. The van der Waals surface area contributed by atoms with Crippen molar-refractivity contribution in [2.45, 2.75) is 39.2 Å². The molecule has 2 rings (SSSR count). The van der Waals surface area contributed by atoms with Gasteiger partial charge in [0, 0.05) is 18.3 Å². The molecular weight excluding hydrogens is 218 g/mol. The van der Waals surface area contributed by atoms with Gasteiger partial charge in [0.2, 0.25) is 0 Å². The van der Waals surface area contributed by atoms with Crippen molar-refractivity contribution in [2.75, 3.05) is 0 Å². The third-order valence-electron chi connectivity index (χ3n) is 2.95. The van der Waals surface area contributed by atoms with Crippen LogP contribution < -0.4 is 5.56 Å². The van der Waals surface area contributed by atoms with Crippen molar-refractivity contribution in [3.63, 3.8) is 0 Å². The second-order valence-electron chi connectivity index (χ2n) is 5.09. The summed E-state index contributed by atoms with van der Waals surface area (Å²) in [6.45, 7) is 4.76. The molecule has 0 atom stereocenters. The molecule has 4 nitrogen and oxygen atoms in total. The van der Waals surface area contributed by atoms with Crippen molar-refractivity contribution in [1.82, 2.24) is 4.57 Å². The van der Waals surface area contributed by atoms with Gasteiger partial charge in [-0.15, -0.1) is 0 Å². The Morgan fingerprint density at radius 2 is 2.12 bits per heavy atom.